The third-order valence-electron chi connectivity index (χ3n) is 5.19. The Kier molecular flexibility index (Phi) is 4.99. The second kappa shape index (κ2) is 7.75. The molecule has 6 nitrogen and oxygen atoms in total. The number of hydrogen-bond acceptors (Lipinski definition) is 3. The van der Waals surface area contributed by atoms with Gasteiger partial charge in [-0.2, -0.15) is 0 Å². The molecule has 0 aromatic heterocycles. The highest BCUT2D eigenvalue weighted by molar-refractivity contribution is 6.08. The summed E-state index contributed by atoms with van der Waals surface area (Å²) in [5, 5.41) is 7.46. The van der Waals surface area contributed by atoms with Gasteiger partial charge in [-0.1, -0.05) is 36.4 Å². The van der Waals surface area contributed by atoms with Gasteiger partial charge in [-0.05, 0) is 35.7 Å². The highest BCUT2D eigenvalue weighted by Crippen LogP contribution is 2.32. The Labute approximate surface area is 168 Å². The van der Waals surface area contributed by atoms with Crippen LogP contribution in [0.15, 0.2) is 66.7 Å². The van der Waals surface area contributed by atoms with Gasteiger partial charge in [0.15, 0.2) is 0 Å². The average molecular weight is 387 g/mol. The Morgan fingerprint density at radius 3 is 2.45 bits per heavy atom. The van der Waals surface area contributed by atoms with Gasteiger partial charge in [-0.3, -0.25) is 14.4 Å². The monoisotopic (exact) mass is 387 g/mol. The SMILES string of the molecule is CNC(=O)c1ccc(NC(=O)[C@H]2CC(=O)N(c3cccc4ccccc34)C2)cc1. The number of carbonyl (C=O) groups is 3. The van der Waals surface area contributed by atoms with Crippen molar-refractivity contribution in [1.82, 2.24) is 5.32 Å². The molecular formula is C23H21N3O3. The molecule has 1 atom stereocenters. The molecule has 0 saturated carbocycles. The normalized spacial score (nSPS) is 16.1. The van der Waals surface area contributed by atoms with E-state index in [1.165, 1.54) is 0 Å². The Morgan fingerprint density at radius 1 is 0.966 bits per heavy atom. The first-order valence-corrected chi connectivity index (χ1v) is 9.48. The smallest absolute Gasteiger partial charge is 0.251 e. The molecule has 1 aliphatic heterocycles. The van der Waals surface area contributed by atoms with Crippen molar-refractivity contribution in [3.63, 3.8) is 0 Å². The Bertz CT molecular complexity index is 1090. The van der Waals surface area contributed by atoms with Gasteiger partial charge in [0.25, 0.3) is 5.91 Å². The summed E-state index contributed by atoms with van der Waals surface area (Å²) >= 11 is 0. The van der Waals surface area contributed by atoms with Crippen LogP contribution in [0.5, 0.6) is 0 Å². The van der Waals surface area contributed by atoms with Crippen LogP contribution in [0.1, 0.15) is 16.8 Å². The van der Waals surface area contributed by atoms with E-state index in [1.54, 1.807) is 36.2 Å². The Balaban J connectivity index is 1.49. The van der Waals surface area contributed by atoms with Crippen molar-refractivity contribution >= 4 is 39.9 Å². The van der Waals surface area contributed by atoms with Gasteiger partial charge in [0, 0.05) is 36.7 Å². The molecule has 0 radical (unpaired) electrons. The molecule has 3 aromatic carbocycles. The second-order valence-electron chi connectivity index (χ2n) is 7.05. The molecule has 3 amide bonds. The number of rotatable bonds is 4. The first-order chi connectivity index (χ1) is 14.1. The molecule has 0 spiro atoms. The zero-order valence-corrected chi connectivity index (χ0v) is 16.0. The van der Waals surface area contributed by atoms with Crippen LogP contribution in [0.2, 0.25) is 0 Å². The Morgan fingerprint density at radius 2 is 1.69 bits per heavy atom. The van der Waals surface area contributed by atoms with Gasteiger partial charge in [0.2, 0.25) is 11.8 Å². The van der Waals surface area contributed by atoms with Crippen LogP contribution >= 0.6 is 0 Å². The van der Waals surface area contributed by atoms with E-state index in [0.29, 0.717) is 17.8 Å². The fourth-order valence-corrected chi connectivity index (χ4v) is 3.65. The van der Waals surface area contributed by atoms with Crippen LogP contribution in [-0.4, -0.2) is 31.3 Å². The van der Waals surface area contributed by atoms with Gasteiger partial charge < -0.3 is 15.5 Å². The van der Waals surface area contributed by atoms with E-state index in [9.17, 15) is 14.4 Å². The van der Waals surface area contributed by atoms with Crippen LogP contribution in [-0.2, 0) is 9.59 Å². The number of carbonyl (C=O) groups excluding carboxylic acids is 3. The number of benzene rings is 3. The van der Waals surface area contributed by atoms with E-state index in [4.69, 9.17) is 0 Å². The molecule has 0 bridgehead atoms. The summed E-state index contributed by atoms with van der Waals surface area (Å²) in [4.78, 5) is 38.7. The van der Waals surface area contributed by atoms with Gasteiger partial charge in [-0.25, -0.2) is 0 Å². The molecule has 1 fully saturated rings. The molecule has 146 valence electrons. The van der Waals surface area contributed by atoms with Gasteiger partial charge in [0.1, 0.15) is 0 Å². The highest BCUT2D eigenvalue weighted by atomic mass is 16.2. The lowest BCUT2D eigenvalue weighted by molar-refractivity contribution is -0.122. The summed E-state index contributed by atoms with van der Waals surface area (Å²) in [6.07, 6.45) is 0.172. The molecule has 3 aromatic rings. The van der Waals surface area contributed by atoms with Crippen LogP contribution in [0.25, 0.3) is 10.8 Å². The van der Waals surface area contributed by atoms with Crippen molar-refractivity contribution < 1.29 is 14.4 Å². The summed E-state index contributed by atoms with van der Waals surface area (Å²) < 4.78 is 0. The van der Waals surface area contributed by atoms with E-state index >= 15 is 0 Å². The maximum absolute atomic E-state index is 12.7. The van der Waals surface area contributed by atoms with Crippen molar-refractivity contribution in [2.45, 2.75) is 6.42 Å². The molecule has 6 heteroatoms. The predicted molar refractivity (Wildman–Crippen MR) is 113 cm³/mol. The molecule has 1 heterocycles. The second-order valence-corrected chi connectivity index (χ2v) is 7.05. The molecule has 2 N–H and O–H groups in total. The van der Waals surface area contributed by atoms with Crippen LogP contribution in [0.3, 0.4) is 0 Å². The standard InChI is InChI=1S/C23H21N3O3/c1-24-22(28)16-9-11-18(12-10-16)25-23(29)17-13-21(27)26(14-17)20-8-4-6-15-5-2-3-7-19(15)20/h2-12,17H,13-14H2,1H3,(H,24,28)(H,25,29)/t17-/m0/s1. The average Bonchev–Trinajstić information content (AvgIpc) is 3.15. The minimum Gasteiger partial charge on any atom is -0.355 e. The molecule has 4 rings (SSSR count). The largest absolute Gasteiger partial charge is 0.355 e. The fraction of sp³-hybridized carbons (Fsp3) is 0.174. The minimum absolute atomic E-state index is 0.0588. The lowest BCUT2D eigenvalue weighted by Gasteiger charge is -2.19. The third-order valence-corrected chi connectivity index (χ3v) is 5.19. The van der Waals surface area contributed by atoms with E-state index in [2.05, 4.69) is 10.6 Å². The van der Waals surface area contributed by atoms with Crippen molar-refractivity contribution in [3.8, 4) is 0 Å². The number of anilines is 2. The lowest BCUT2D eigenvalue weighted by Crippen LogP contribution is -2.28. The van der Waals surface area contributed by atoms with E-state index in [-0.39, 0.29) is 24.1 Å². The van der Waals surface area contributed by atoms with Crippen LogP contribution < -0.4 is 15.5 Å². The van der Waals surface area contributed by atoms with Crippen molar-refractivity contribution in [2.75, 3.05) is 23.8 Å². The third kappa shape index (κ3) is 3.69. The molecule has 1 saturated heterocycles. The summed E-state index contributed by atoms with van der Waals surface area (Å²) in [5.74, 6) is -0.875. The summed E-state index contributed by atoms with van der Waals surface area (Å²) in [6, 6.07) is 20.4. The van der Waals surface area contributed by atoms with Crippen molar-refractivity contribution in [1.29, 1.82) is 0 Å². The Hall–Kier alpha value is -3.67. The molecule has 0 unspecified atom stereocenters. The van der Waals surface area contributed by atoms with Crippen molar-refractivity contribution in [3.05, 3.63) is 72.3 Å². The number of hydrogen-bond donors (Lipinski definition) is 2. The summed E-state index contributed by atoms with van der Waals surface area (Å²) in [5.41, 5.74) is 1.95. The molecule has 0 aliphatic carbocycles. The predicted octanol–water partition coefficient (Wildman–Crippen LogP) is 3.19. The van der Waals surface area contributed by atoms with E-state index in [1.807, 2.05) is 42.5 Å². The zero-order valence-electron chi connectivity index (χ0n) is 16.0. The fourth-order valence-electron chi connectivity index (χ4n) is 3.65. The first-order valence-electron chi connectivity index (χ1n) is 9.48. The van der Waals surface area contributed by atoms with Gasteiger partial charge in [-0.15, -0.1) is 0 Å². The molecular weight excluding hydrogens is 366 g/mol. The first kappa shape index (κ1) is 18.7. The van der Waals surface area contributed by atoms with Gasteiger partial charge in [0.05, 0.1) is 11.6 Å². The van der Waals surface area contributed by atoms with Crippen LogP contribution in [0, 0.1) is 5.92 Å². The summed E-state index contributed by atoms with van der Waals surface area (Å²) in [6.45, 7) is 0.342. The number of nitrogens with one attached hydrogen (secondary N) is 2. The van der Waals surface area contributed by atoms with Crippen LogP contribution in [0.4, 0.5) is 11.4 Å². The molecule has 1 aliphatic rings. The minimum atomic E-state index is -0.430. The summed E-state index contributed by atoms with van der Waals surface area (Å²) in [7, 11) is 1.57. The van der Waals surface area contributed by atoms with E-state index in [0.717, 1.165) is 16.5 Å². The highest BCUT2D eigenvalue weighted by Gasteiger charge is 2.35. The quantitative estimate of drug-likeness (QED) is 0.722. The number of nitrogens with zero attached hydrogens (tertiary/aromatic N) is 1. The van der Waals surface area contributed by atoms with E-state index < -0.39 is 5.92 Å². The maximum atomic E-state index is 12.7. The number of fused-ring (bicyclic) bond motifs is 1. The van der Waals surface area contributed by atoms with Gasteiger partial charge >= 0.3 is 0 Å². The topological polar surface area (TPSA) is 78.5 Å². The van der Waals surface area contributed by atoms with Crippen molar-refractivity contribution in [2.24, 2.45) is 5.92 Å². The maximum Gasteiger partial charge on any atom is 0.251 e. The molecule has 29 heavy (non-hydrogen) atoms. The number of amides is 3. The lowest BCUT2D eigenvalue weighted by atomic mass is 10.1. The zero-order chi connectivity index (χ0) is 20.4.